The summed E-state index contributed by atoms with van der Waals surface area (Å²) in [5.41, 5.74) is 1.16. The van der Waals surface area contributed by atoms with Gasteiger partial charge in [0.2, 0.25) is 0 Å². The second kappa shape index (κ2) is 8.98. The van der Waals surface area contributed by atoms with Crippen molar-refractivity contribution >= 4 is 33.9 Å². The van der Waals surface area contributed by atoms with E-state index in [0.717, 1.165) is 36.5 Å². The van der Waals surface area contributed by atoms with Gasteiger partial charge < -0.3 is 4.74 Å². The van der Waals surface area contributed by atoms with Crippen molar-refractivity contribution in [2.75, 3.05) is 0 Å². The summed E-state index contributed by atoms with van der Waals surface area (Å²) in [4.78, 5) is 30.0. The first-order valence-corrected chi connectivity index (χ1v) is 11.4. The summed E-state index contributed by atoms with van der Waals surface area (Å²) in [5.74, 6) is 0.885. The zero-order valence-electron chi connectivity index (χ0n) is 18.5. The van der Waals surface area contributed by atoms with E-state index in [1.54, 1.807) is 18.3 Å². The van der Waals surface area contributed by atoms with Gasteiger partial charge in [-0.2, -0.15) is 9.78 Å². The average molecular weight is 440 g/mol. The Kier molecular flexibility index (Phi) is 5.73. The number of esters is 1. The van der Waals surface area contributed by atoms with Crippen LogP contribution in [0.2, 0.25) is 0 Å². The van der Waals surface area contributed by atoms with E-state index in [0.29, 0.717) is 28.0 Å². The highest BCUT2D eigenvalue weighted by Gasteiger charge is 2.22. The highest BCUT2D eigenvalue weighted by atomic mass is 16.5. The molecule has 0 unspecified atom stereocenters. The molecular weight excluding hydrogens is 414 g/mol. The second-order valence-corrected chi connectivity index (χ2v) is 8.48. The standard InChI is InChI=1S/C27H25N3O3/c1-18(31)33-25-16-15-19-9-5-6-12-21(19)23(25)17-28-30-26(20-10-3-2-4-11-20)29-24-14-8-7-13-22(24)27(30)32/h5-9,12-17,20H,2-4,10-11H2,1H3. The largest absolute Gasteiger partial charge is 0.426 e. The number of carbonyl (C=O) groups is 1. The molecule has 4 aromatic rings. The van der Waals surface area contributed by atoms with Gasteiger partial charge in [-0.15, -0.1) is 0 Å². The molecule has 0 aliphatic heterocycles. The summed E-state index contributed by atoms with van der Waals surface area (Å²) in [6.45, 7) is 1.37. The third-order valence-electron chi connectivity index (χ3n) is 6.24. The lowest BCUT2D eigenvalue weighted by atomic mass is 9.88. The van der Waals surface area contributed by atoms with Crippen molar-refractivity contribution in [2.24, 2.45) is 5.10 Å². The summed E-state index contributed by atoms with van der Waals surface area (Å²) < 4.78 is 6.90. The van der Waals surface area contributed by atoms with Crippen LogP contribution >= 0.6 is 0 Å². The fraction of sp³-hybridized carbons (Fsp3) is 0.259. The highest BCUT2D eigenvalue weighted by Crippen LogP contribution is 2.32. The molecule has 0 radical (unpaired) electrons. The van der Waals surface area contributed by atoms with Crippen molar-refractivity contribution in [3.8, 4) is 5.75 Å². The van der Waals surface area contributed by atoms with Crippen molar-refractivity contribution < 1.29 is 9.53 Å². The molecule has 1 fully saturated rings. The monoisotopic (exact) mass is 439 g/mol. The minimum atomic E-state index is -0.410. The molecule has 6 heteroatoms. The first-order chi connectivity index (χ1) is 16.1. The normalized spacial score (nSPS) is 14.8. The van der Waals surface area contributed by atoms with E-state index in [1.165, 1.54) is 18.0 Å². The molecule has 0 saturated heterocycles. The molecule has 1 aliphatic carbocycles. The summed E-state index contributed by atoms with van der Waals surface area (Å²) in [5, 5.41) is 7.06. The van der Waals surface area contributed by atoms with Crippen LogP contribution in [0.3, 0.4) is 0 Å². The number of ether oxygens (including phenoxy) is 1. The van der Waals surface area contributed by atoms with Gasteiger partial charge in [-0.3, -0.25) is 9.59 Å². The van der Waals surface area contributed by atoms with Gasteiger partial charge in [-0.1, -0.05) is 61.7 Å². The second-order valence-electron chi connectivity index (χ2n) is 8.48. The van der Waals surface area contributed by atoms with E-state index in [-0.39, 0.29) is 11.5 Å². The van der Waals surface area contributed by atoms with Gasteiger partial charge in [0.1, 0.15) is 11.6 Å². The molecule has 0 bridgehead atoms. The maximum Gasteiger partial charge on any atom is 0.308 e. The van der Waals surface area contributed by atoms with Gasteiger partial charge in [-0.05, 0) is 41.8 Å². The molecule has 1 heterocycles. The van der Waals surface area contributed by atoms with Crippen molar-refractivity contribution in [1.29, 1.82) is 0 Å². The summed E-state index contributed by atoms with van der Waals surface area (Å²) >= 11 is 0. The lowest BCUT2D eigenvalue weighted by Gasteiger charge is -2.22. The molecule has 5 rings (SSSR count). The minimum Gasteiger partial charge on any atom is -0.426 e. The van der Waals surface area contributed by atoms with Crippen molar-refractivity contribution in [1.82, 2.24) is 9.66 Å². The van der Waals surface area contributed by atoms with E-state index in [4.69, 9.17) is 9.72 Å². The van der Waals surface area contributed by atoms with Gasteiger partial charge in [0.25, 0.3) is 5.56 Å². The van der Waals surface area contributed by atoms with Crippen LogP contribution in [0.15, 0.2) is 70.6 Å². The first-order valence-electron chi connectivity index (χ1n) is 11.4. The van der Waals surface area contributed by atoms with Gasteiger partial charge >= 0.3 is 5.97 Å². The average Bonchev–Trinajstić information content (AvgIpc) is 2.84. The lowest BCUT2D eigenvalue weighted by Crippen LogP contribution is -2.25. The molecule has 166 valence electrons. The molecule has 1 saturated carbocycles. The number of carbonyl (C=O) groups excluding carboxylic acids is 1. The van der Waals surface area contributed by atoms with Crippen molar-refractivity contribution in [3.63, 3.8) is 0 Å². The number of hydrogen-bond acceptors (Lipinski definition) is 5. The van der Waals surface area contributed by atoms with Crippen LogP contribution in [0.5, 0.6) is 5.75 Å². The maximum absolute atomic E-state index is 13.5. The van der Waals surface area contributed by atoms with Crippen LogP contribution in [0.1, 0.15) is 56.3 Å². The molecule has 0 spiro atoms. The number of para-hydroxylation sites is 1. The molecule has 0 N–H and O–H groups in total. The Balaban J connectivity index is 1.70. The van der Waals surface area contributed by atoms with Crippen molar-refractivity contribution in [3.05, 3.63) is 82.4 Å². The van der Waals surface area contributed by atoms with E-state index in [2.05, 4.69) is 5.10 Å². The minimum absolute atomic E-state index is 0.188. The Hall–Kier alpha value is -3.80. The number of aromatic nitrogens is 2. The topological polar surface area (TPSA) is 73.5 Å². The predicted molar refractivity (Wildman–Crippen MR) is 130 cm³/mol. The third kappa shape index (κ3) is 4.16. The third-order valence-corrected chi connectivity index (χ3v) is 6.24. The Labute approximate surface area is 191 Å². The predicted octanol–water partition coefficient (Wildman–Crippen LogP) is 5.40. The Morgan fingerprint density at radius 2 is 1.73 bits per heavy atom. The van der Waals surface area contributed by atoms with E-state index in [1.807, 2.05) is 48.5 Å². The Morgan fingerprint density at radius 3 is 2.52 bits per heavy atom. The smallest absolute Gasteiger partial charge is 0.308 e. The number of rotatable bonds is 4. The molecule has 0 atom stereocenters. The molecule has 0 amide bonds. The van der Waals surface area contributed by atoms with Crippen LogP contribution < -0.4 is 10.3 Å². The molecule has 6 nitrogen and oxygen atoms in total. The summed E-state index contributed by atoms with van der Waals surface area (Å²) in [6.07, 6.45) is 7.05. The van der Waals surface area contributed by atoms with Gasteiger partial charge in [0.15, 0.2) is 0 Å². The van der Waals surface area contributed by atoms with Crippen LogP contribution in [0.4, 0.5) is 0 Å². The fourth-order valence-electron chi connectivity index (χ4n) is 4.65. The van der Waals surface area contributed by atoms with E-state index >= 15 is 0 Å². The number of hydrogen-bond donors (Lipinski definition) is 0. The van der Waals surface area contributed by atoms with E-state index in [9.17, 15) is 9.59 Å². The fourth-order valence-corrected chi connectivity index (χ4v) is 4.65. The molecule has 1 aromatic heterocycles. The molecule has 33 heavy (non-hydrogen) atoms. The number of benzene rings is 3. The van der Waals surface area contributed by atoms with Crippen LogP contribution in [-0.2, 0) is 4.79 Å². The first kappa shape index (κ1) is 21.1. The molecule has 3 aromatic carbocycles. The zero-order valence-corrected chi connectivity index (χ0v) is 18.5. The molecule has 1 aliphatic rings. The summed E-state index contributed by atoms with van der Waals surface area (Å²) in [6, 6.07) is 18.9. The van der Waals surface area contributed by atoms with Crippen LogP contribution in [0.25, 0.3) is 21.7 Å². The maximum atomic E-state index is 13.5. The van der Waals surface area contributed by atoms with Crippen LogP contribution in [0, 0.1) is 0 Å². The Bertz CT molecular complexity index is 1430. The Morgan fingerprint density at radius 1 is 1.00 bits per heavy atom. The molecular formula is C27H25N3O3. The van der Waals surface area contributed by atoms with E-state index < -0.39 is 5.97 Å². The highest BCUT2D eigenvalue weighted by molar-refractivity contribution is 6.03. The quantitative estimate of drug-likeness (QED) is 0.242. The summed E-state index contributed by atoms with van der Waals surface area (Å²) in [7, 11) is 0. The zero-order chi connectivity index (χ0) is 22.8. The van der Waals surface area contributed by atoms with Gasteiger partial charge in [-0.25, -0.2) is 4.98 Å². The SMILES string of the molecule is CC(=O)Oc1ccc2ccccc2c1C=Nn1c(C2CCCCC2)nc2ccccc2c1=O. The lowest BCUT2D eigenvalue weighted by molar-refractivity contribution is -0.131. The number of fused-ring (bicyclic) bond motifs is 2. The number of nitrogens with zero attached hydrogens (tertiary/aromatic N) is 3. The van der Waals surface area contributed by atoms with Crippen molar-refractivity contribution in [2.45, 2.75) is 44.9 Å². The van der Waals surface area contributed by atoms with Crippen LogP contribution in [-0.4, -0.2) is 21.8 Å². The van der Waals surface area contributed by atoms with Gasteiger partial charge in [0.05, 0.1) is 17.1 Å². The van der Waals surface area contributed by atoms with Gasteiger partial charge in [0, 0.05) is 18.4 Å².